The van der Waals surface area contributed by atoms with Crippen LogP contribution in [-0.4, -0.2) is 57.2 Å². The predicted molar refractivity (Wildman–Crippen MR) is 106 cm³/mol. The minimum atomic E-state index is 0.744. The Kier molecular flexibility index (Phi) is 8.60. The zero-order valence-electron chi connectivity index (χ0n) is 16.1. The number of hydrogen-bond acceptors (Lipinski definition) is 3. The van der Waals surface area contributed by atoms with Crippen molar-refractivity contribution in [1.82, 2.24) is 15.5 Å². The largest absolute Gasteiger partial charge is 0.497 e. The first kappa shape index (κ1) is 19.6. The first-order valence-corrected chi connectivity index (χ1v) is 9.54. The third-order valence-corrected chi connectivity index (χ3v) is 4.92. The minimum absolute atomic E-state index is 0.744. The third kappa shape index (κ3) is 6.94. The standard InChI is InChI=1S/C20H34N4O/c1-17-8-4-5-14-24(17)15-7-12-22-20(21-2)23-13-11-18-9-6-10-19(16-18)25-3/h6,9-10,16-17H,4-5,7-8,11-15H2,1-3H3,(H2,21,22,23). The Morgan fingerprint density at radius 3 is 2.88 bits per heavy atom. The van der Waals surface area contributed by atoms with Crippen LogP contribution in [0.25, 0.3) is 0 Å². The highest BCUT2D eigenvalue weighted by atomic mass is 16.5. The van der Waals surface area contributed by atoms with E-state index in [0.717, 1.165) is 43.7 Å². The molecule has 1 fully saturated rings. The molecule has 0 amide bonds. The number of rotatable bonds is 8. The van der Waals surface area contributed by atoms with Gasteiger partial charge in [-0.05, 0) is 56.8 Å². The van der Waals surface area contributed by atoms with Gasteiger partial charge < -0.3 is 20.3 Å². The molecule has 25 heavy (non-hydrogen) atoms. The van der Waals surface area contributed by atoms with E-state index in [0.29, 0.717) is 0 Å². The van der Waals surface area contributed by atoms with Crippen LogP contribution in [0, 0.1) is 0 Å². The number of ether oxygens (including phenoxy) is 1. The summed E-state index contributed by atoms with van der Waals surface area (Å²) in [5.41, 5.74) is 1.27. The van der Waals surface area contributed by atoms with Crippen molar-refractivity contribution in [1.29, 1.82) is 0 Å². The highest BCUT2D eigenvalue weighted by Gasteiger charge is 2.17. The van der Waals surface area contributed by atoms with E-state index in [1.165, 1.54) is 37.9 Å². The summed E-state index contributed by atoms with van der Waals surface area (Å²) in [5.74, 6) is 1.79. The molecule has 2 N–H and O–H groups in total. The predicted octanol–water partition coefficient (Wildman–Crippen LogP) is 2.67. The molecule has 140 valence electrons. The van der Waals surface area contributed by atoms with Gasteiger partial charge in [0.05, 0.1) is 7.11 Å². The lowest BCUT2D eigenvalue weighted by molar-refractivity contribution is 0.159. The second kappa shape index (κ2) is 11.0. The molecule has 1 heterocycles. The van der Waals surface area contributed by atoms with Gasteiger partial charge >= 0.3 is 0 Å². The SMILES string of the molecule is CN=C(NCCCN1CCCCC1C)NCCc1cccc(OC)c1. The van der Waals surface area contributed by atoms with Gasteiger partial charge in [0.1, 0.15) is 5.75 Å². The Hall–Kier alpha value is -1.75. The number of benzene rings is 1. The van der Waals surface area contributed by atoms with Crippen LogP contribution in [-0.2, 0) is 6.42 Å². The molecule has 1 aliphatic heterocycles. The van der Waals surface area contributed by atoms with Crippen LogP contribution in [0.1, 0.15) is 38.2 Å². The van der Waals surface area contributed by atoms with Crippen LogP contribution >= 0.6 is 0 Å². The summed E-state index contributed by atoms with van der Waals surface area (Å²) in [6.45, 7) is 6.60. The second-order valence-corrected chi connectivity index (χ2v) is 6.76. The maximum atomic E-state index is 5.27. The molecule has 0 bridgehead atoms. The first-order chi connectivity index (χ1) is 12.2. The van der Waals surface area contributed by atoms with Crippen LogP contribution in [0.2, 0.25) is 0 Å². The number of aliphatic imine (C=N–C) groups is 1. The molecular formula is C20H34N4O. The van der Waals surface area contributed by atoms with Crippen LogP contribution < -0.4 is 15.4 Å². The smallest absolute Gasteiger partial charge is 0.190 e. The van der Waals surface area contributed by atoms with Crippen molar-refractivity contribution < 1.29 is 4.74 Å². The van der Waals surface area contributed by atoms with E-state index in [1.54, 1.807) is 7.11 Å². The number of likely N-dealkylation sites (tertiary alicyclic amines) is 1. The summed E-state index contributed by atoms with van der Waals surface area (Å²) >= 11 is 0. The van der Waals surface area contributed by atoms with Crippen molar-refractivity contribution in [3.63, 3.8) is 0 Å². The second-order valence-electron chi connectivity index (χ2n) is 6.76. The highest BCUT2D eigenvalue weighted by Crippen LogP contribution is 2.16. The lowest BCUT2D eigenvalue weighted by Gasteiger charge is -2.33. The average molecular weight is 347 g/mol. The third-order valence-electron chi connectivity index (χ3n) is 4.92. The van der Waals surface area contributed by atoms with Crippen LogP contribution in [0.3, 0.4) is 0 Å². The van der Waals surface area contributed by atoms with Gasteiger partial charge in [-0.25, -0.2) is 0 Å². The topological polar surface area (TPSA) is 48.9 Å². The molecule has 1 unspecified atom stereocenters. The molecule has 1 aliphatic rings. The van der Waals surface area contributed by atoms with Gasteiger partial charge in [-0.15, -0.1) is 0 Å². The molecule has 5 heteroatoms. The van der Waals surface area contributed by atoms with Gasteiger partial charge in [0.25, 0.3) is 0 Å². The van der Waals surface area contributed by atoms with Crippen molar-refractivity contribution >= 4 is 5.96 Å². The number of guanidine groups is 1. The van der Waals surface area contributed by atoms with Crippen molar-refractivity contribution in [3.8, 4) is 5.75 Å². The van der Waals surface area contributed by atoms with Crippen LogP contribution in [0.15, 0.2) is 29.3 Å². The molecule has 0 aliphatic carbocycles. The van der Waals surface area contributed by atoms with Gasteiger partial charge in [0.2, 0.25) is 0 Å². The lowest BCUT2D eigenvalue weighted by Crippen LogP contribution is -2.41. The van der Waals surface area contributed by atoms with E-state index >= 15 is 0 Å². The molecule has 1 aromatic rings. The van der Waals surface area contributed by atoms with Gasteiger partial charge in [-0.3, -0.25) is 4.99 Å². The minimum Gasteiger partial charge on any atom is -0.497 e. The van der Waals surface area contributed by atoms with Gasteiger partial charge in [0.15, 0.2) is 5.96 Å². The highest BCUT2D eigenvalue weighted by molar-refractivity contribution is 5.79. The molecule has 0 saturated carbocycles. The first-order valence-electron chi connectivity index (χ1n) is 9.54. The number of nitrogens with zero attached hydrogens (tertiary/aromatic N) is 2. The zero-order chi connectivity index (χ0) is 17.9. The summed E-state index contributed by atoms with van der Waals surface area (Å²) in [4.78, 5) is 6.92. The molecule has 5 nitrogen and oxygen atoms in total. The lowest BCUT2D eigenvalue weighted by atomic mass is 10.0. The van der Waals surface area contributed by atoms with Gasteiger partial charge in [-0.1, -0.05) is 18.6 Å². The number of methoxy groups -OCH3 is 1. The van der Waals surface area contributed by atoms with E-state index in [4.69, 9.17) is 4.74 Å². The van der Waals surface area contributed by atoms with Crippen LogP contribution in [0.4, 0.5) is 0 Å². The van der Waals surface area contributed by atoms with Crippen molar-refractivity contribution in [2.24, 2.45) is 4.99 Å². The van der Waals surface area contributed by atoms with Crippen molar-refractivity contribution in [3.05, 3.63) is 29.8 Å². The van der Waals surface area contributed by atoms with E-state index in [9.17, 15) is 0 Å². The molecule has 1 saturated heterocycles. The van der Waals surface area contributed by atoms with Crippen LogP contribution in [0.5, 0.6) is 5.75 Å². The molecule has 1 aromatic carbocycles. The number of piperidine rings is 1. The van der Waals surface area contributed by atoms with E-state index in [2.05, 4.69) is 39.6 Å². The molecule has 0 aromatic heterocycles. The Morgan fingerprint density at radius 2 is 2.12 bits per heavy atom. The molecular weight excluding hydrogens is 312 g/mol. The Balaban J connectivity index is 1.61. The fraction of sp³-hybridized carbons (Fsp3) is 0.650. The van der Waals surface area contributed by atoms with Gasteiger partial charge in [-0.2, -0.15) is 0 Å². The maximum absolute atomic E-state index is 5.27. The molecule has 2 rings (SSSR count). The zero-order valence-corrected chi connectivity index (χ0v) is 16.1. The Bertz CT molecular complexity index is 532. The number of hydrogen-bond donors (Lipinski definition) is 2. The summed E-state index contributed by atoms with van der Waals surface area (Å²) < 4.78 is 5.27. The Labute approximate surface area is 152 Å². The summed E-state index contributed by atoms with van der Waals surface area (Å²) in [6, 6.07) is 8.95. The summed E-state index contributed by atoms with van der Waals surface area (Å²) in [6.07, 6.45) is 6.19. The molecule has 0 spiro atoms. The summed E-state index contributed by atoms with van der Waals surface area (Å²) in [5, 5.41) is 6.81. The monoisotopic (exact) mass is 346 g/mol. The van der Waals surface area contributed by atoms with Gasteiger partial charge in [0, 0.05) is 32.7 Å². The van der Waals surface area contributed by atoms with E-state index < -0.39 is 0 Å². The molecule has 0 radical (unpaired) electrons. The normalized spacial score (nSPS) is 18.8. The molecule has 1 atom stereocenters. The van der Waals surface area contributed by atoms with E-state index in [-0.39, 0.29) is 0 Å². The number of nitrogens with one attached hydrogen (secondary N) is 2. The van der Waals surface area contributed by atoms with E-state index in [1.807, 2.05) is 19.2 Å². The van der Waals surface area contributed by atoms with Crippen molar-refractivity contribution in [2.45, 2.75) is 45.1 Å². The average Bonchev–Trinajstić information content (AvgIpc) is 2.65. The Morgan fingerprint density at radius 1 is 1.28 bits per heavy atom. The fourth-order valence-corrected chi connectivity index (χ4v) is 3.35. The maximum Gasteiger partial charge on any atom is 0.190 e. The summed E-state index contributed by atoms with van der Waals surface area (Å²) in [7, 11) is 3.53. The van der Waals surface area contributed by atoms with Crippen molar-refractivity contribution in [2.75, 3.05) is 40.3 Å². The fourth-order valence-electron chi connectivity index (χ4n) is 3.35. The quantitative estimate of drug-likeness (QED) is 0.432.